The van der Waals surface area contributed by atoms with Crippen LogP contribution in [-0.4, -0.2) is 42.1 Å². The fraction of sp³-hybridized carbons (Fsp3) is 0.889. The Balaban J connectivity index is 2.10. The van der Waals surface area contributed by atoms with Crippen molar-refractivity contribution >= 4 is 5.91 Å². The summed E-state index contributed by atoms with van der Waals surface area (Å²) in [7, 11) is 0. The maximum absolute atomic E-state index is 11.1. The third kappa shape index (κ3) is 1.44. The van der Waals surface area contributed by atoms with Crippen LogP contribution in [0.1, 0.15) is 19.8 Å². The highest BCUT2D eigenvalue weighted by molar-refractivity contribution is 5.79. The highest BCUT2D eigenvalue weighted by Crippen LogP contribution is 2.30. The topological polar surface area (TPSA) is 55.6 Å². The van der Waals surface area contributed by atoms with Crippen LogP contribution in [0.3, 0.4) is 0 Å². The van der Waals surface area contributed by atoms with E-state index >= 15 is 0 Å². The number of primary amides is 1. The Morgan fingerprint density at radius 1 is 1.46 bits per heavy atom. The zero-order valence-electron chi connectivity index (χ0n) is 7.90. The van der Waals surface area contributed by atoms with Gasteiger partial charge in [-0.05, 0) is 19.8 Å². The van der Waals surface area contributed by atoms with E-state index in [1.807, 2.05) is 6.92 Å². The minimum absolute atomic E-state index is 0.138. The van der Waals surface area contributed by atoms with Gasteiger partial charge in [-0.25, -0.2) is 0 Å². The molecule has 2 heterocycles. The van der Waals surface area contributed by atoms with Crippen molar-refractivity contribution in [1.82, 2.24) is 4.90 Å². The van der Waals surface area contributed by atoms with E-state index in [9.17, 15) is 4.79 Å². The van der Waals surface area contributed by atoms with Gasteiger partial charge in [-0.1, -0.05) is 0 Å². The van der Waals surface area contributed by atoms with E-state index in [0.29, 0.717) is 12.1 Å². The number of hydrogen-bond donors (Lipinski definition) is 1. The van der Waals surface area contributed by atoms with E-state index in [2.05, 4.69) is 4.90 Å². The third-order valence-corrected chi connectivity index (χ3v) is 3.16. The highest BCUT2D eigenvalue weighted by atomic mass is 16.5. The Morgan fingerprint density at radius 2 is 2.00 bits per heavy atom. The van der Waals surface area contributed by atoms with E-state index in [-0.39, 0.29) is 11.9 Å². The van der Waals surface area contributed by atoms with Crippen LogP contribution in [0.15, 0.2) is 0 Å². The largest absolute Gasteiger partial charge is 0.378 e. The van der Waals surface area contributed by atoms with Crippen molar-refractivity contribution in [3.63, 3.8) is 0 Å². The molecule has 2 N–H and O–H groups in total. The van der Waals surface area contributed by atoms with Crippen LogP contribution in [0.2, 0.25) is 0 Å². The Bertz CT molecular complexity index is 204. The van der Waals surface area contributed by atoms with E-state index in [1.54, 1.807) is 0 Å². The van der Waals surface area contributed by atoms with Crippen LogP contribution in [-0.2, 0) is 9.53 Å². The number of rotatable bonds is 2. The minimum Gasteiger partial charge on any atom is -0.378 e. The normalized spacial score (nSPS) is 36.1. The lowest BCUT2D eigenvalue weighted by Crippen LogP contribution is -2.54. The standard InChI is InChI=1S/C9H16N2O2/c1-6(9(10)12)11-7-2-3-8(11)5-13-4-7/h6-8H,2-5H2,1H3,(H2,10,12). The van der Waals surface area contributed by atoms with Gasteiger partial charge in [0.25, 0.3) is 0 Å². The van der Waals surface area contributed by atoms with Crippen molar-refractivity contribution in [2.45, 2.75) is 37.9 Å². The van der Waals surface area contributed by atoms with Crippen molar-refractivity contribution < 1.29 is 9.53 Å². The summed E-state index contributed by atoms with van der Waals surface area (Å²) in [6.07, 6.45) is 2.28. The second-order valence-electron chi connectivity index (χ2n) is 3.95. The molecule has 2 aliphatic heterocycles. The summed E-state index contributed by atoms with van der Waals surface area (Å²) >= 11 is 0. The van der Waals surface area contributed by atoms with Crippen molar-refractivity contribution in [2.24, 2.45) is 5.73 Å². The summed E-state index contributed by atoms with van der Waals surface area (Å²) in [6.45, 7) is 3.40. The number of nitrogens with two attached hydrogens (primary N) is 1. The number of hydrogen-bond acceptors (Lipinski definition) is 3. The smallest absolute Gasteiger partial charge is 0.234 e. The van der Waals surface area contributed by atoms with Gasteiger partial charge in [-0.3, -0.25) is 9.69 Å². The van der Waals surface area contributed by atoms with Crippen molar-refractivity contribution in [2.75, 3.05) is 13.2 Å². The predicted octanol–water partition coefficient (Wildman–Crippen LogP) is -0.277. The van der Waals surface area contributed by atoms with Gasteiger partial charge < -0.3 is 10.5 Å². The summed E-state index contributed by atoms with van der Waals surface area (Å²) in [5.41, 5.74) is 5.30. The molecule has 2 fully saturated rings. The summed E-state index contributed by atoms with van der Waals surface area (Å²) in [5.74, 6) is -0.223. The molecular formula is C9H16N2O2. The van der Waals surface area contributed by atoms with Crippen LogP contribution in [0, 0.1) is 0 Å². The van der Waals surface area contributed by atoms with Gasteiger partial charge in [-0.2, -0.15) is 0 Å². The molecule has 2 rings (SSSR count). The molecule has 2 aliphatic rings. The Hall–Kier alpha value is -0.610. The maximum atomic E-state index is 11.1. The van der Waals surface area contributed by atoms with Crippen LogP contribution < -0.4 is 5.73 Å². The number of nitrogens with zero attached hydrogens (tertiary/aromatic N) is 1. The quantitative estimate of drug-likeness (QED) is 0.642. The van der Waals surface area contributed by atoms with E-state index in [0.717, 1.165) is 26.1 Å². The number of amides is 1. The number of carbonyl (C=O) groups excluding carboxylic acids is 1. The Kier molecular flexibility index (Phi) is 2.26. The minimum atomic E-state index is -0.223. The summed E-state index contributed by atoms with van der Waals surface area (Å²) in [5, 5.41) is 0. The molecule has 1 amide bonds. The molecule has 4 nitrogen and oxygen atoms in total. The molecule has 13 heavy (non-hydrogen) atoms. The van der Waals surface area contributed by atoms with Gasteiger partial charge >= 0.3 is 0 Å². The molecule has 4 heteroatoms. The van der Waals surface area contributed by atoms with Gasteiger partial charge in [0.2, 0.25) is 5.91 Å². The molecule has 0 aromatic carbocycles. The molecule has 3 atom stereocenters. The fourth-order valence-electron chi connectivity index (χ4n) is 2.44. The summed E-state index contributed by atoms with van der Waals surface area (Å²) in [4.78, 5) is 13.3. The number of carbonyl (C=O) groups is 1. The molecule has 0 aromatic rings. The van der Waals surface area contributed by atoms with Crippen LogP contribution in [0.4, 0.5) is 0 Å². The lowest BCUT2D eigenvalue weighted by molar-refractivity contribution is -0.127. The molecule has 0 saturated carbocycles. The number of ether oxygens (including phenoxy) is 1. The maximum Gasteiger partial charge on any atom is 0.234 e. The molecule has 2 saturated heterocycles. The first-order chi connectivity index (χ1) is 6.20. The Labute approximate surface area is 78.0 Å². The second kappa shape index (κ2) is 3.27. The molecule has 0 aliphatic carbocycles. The molecule has 0 radical (unpaired) electrons. The second-order valence-corrected chi connectivity index (χ2v) is 3.95. The van der Waals surface area contributed by atoms with E-state index in [4.69, 9.17) is 10.5 Å². The zero-order valence-corrected chi connectivity index (χ0v) is 7.90. The average Bonchev–Trinajstić information content (AvgIpc) is 2.34. The van der Waals surface area contributed by atoms with Gasteiger partial charge in [0.1, 0.15) is 0 Å². The van der Waals surface area contributed by atoms with Crippen LogP contribution in [0.25, 0.3) is 0 Å². The van der Waals surface area contributed by atoms with Gasteiger partial charge in [0, 0.05) is 12.1 Å². The first kappa shape index (κ1) is 8.97. The molecule has 0 aromatic heterocycles. The number of fused-ring (bicyclic) bond motifs is 2. The lowest BCUT2D eigenvalue weighted by Gasteiger charge is -2.37. The third-order valence-electron chi connectivity index (χ3n) is 3.16. The van der Waals surface area contributed by atoms with Gasteiger partial charge in [0.15, 0.2) is 0 Å². The molecular weight excluding hydrogens is 168 g/mol. The van der Waals surface area contributed by atoms with Gasteiger partial charge in [-0.15, -0.1) is 0 Å². The lowest BCUT2D eigenvalue weighted by atomic mass is 10.2. The summed E-state index contributed by atoms with van der Waals surface area (Å²) < 4.78 is 5.42. The van der Waals surface area contributed by atoms with Crippen molar-refractivity contribution in [3.8, 4) is 0 Å². The molecule has 0 spiro atoms. The zero-order chi connectivity index (χ0) is 9.42. The number of morpholine rings is 1. The van der Waals surface area contributed by atoms with Crippen LogP contribution in [0.5, 0.6) is 0 Å². The predicted molar refractivity (Wildman–Crippen MR) is 48.1 cm³/mol. The summed E-state index contributed by atoms with van der Waals surface area (Å²) in [6, 6.07) is 0.698. The highest BCUT2D eigenvalue weighted by Gasteiger charge is 2.41. The van der Waals surface area contributed by atoms with Crippen LogP contribution >= 0.6 is 0 Å². The van der Waals surface area contributed by atoms with E-state index in [1.165, 1.54) is 0 Å². The molecule has 74 valence electrons. The van der Waals surface area contributed by atoms with Crippen molar-refractivity contribution in [3.05, 3.63) is 0 Å². The molecule has 3 unspecified atom stereocenters. The first-order valence-electron chi connectivity index (χ1n) is 4.84. The Morgan fingerprint density at radius 3 is 2.46 bits per heavy atom. The SMILES string of the molecule is CC(C(N)=O)N1C2CCC1COC2. The van der Waals surface area contributed by atoms with Crippen molar-refractivity contribution in [1.29, 1.82) is 0 Å². The first-order valence-corrected chi connectivity index (χ1v) is 4.84. The molecule has 2 bridgehead atoms. The fourth-order valence-corrected chi connectivity index (χ4v) is 2.44. The average molecular weight is 184 g/mol. The monoisotopic (exact) mass is 184 g/mol. The van der Waals surface area contributed by atoms with E-state index < -0.39 is 0 Å². The van der Waals surface area contributed by atoms with Gasteiger partial charge in [0.05, 0.1) is 19.3 Å².